The zero-order valence-electron chi connectivity index (χ0n) is 12.6. The van der Waals surface area contributed by atoms with Gasteiger partial charge in [0.15, 0.2) is 9.84 Å². The van der Waals surface area contributed by atoms with E-state index in [0.29, 0.717) is 12.2 Å². The average Bonchev–Trinajstić information content (AvgIpc) is 2.71. The Morgan fingerprint density at radius 3 is 2.67 bits per heavy atom. The molecule has 1 aliphatic rings. The highest BCUT2D eigenvalue weighted by molar-refractivity contribution is 7.91. The van der Waals surface area contributed by atoms with Crippen molar-refractivity contribution in [3.8, 4) is 5.75 Å². The fraction of sp³-hybridized carbons (Fsp3) is 0.533. The van der Waals surface area contributed by atoms with Crippen LogP contribution in [0.25, 0.3) is 0 Å². The Morgan fingerprint density at radius 2 is 2.10 bits per heavy atom. The van der Waals surface area contributed by atoms with Crippen molar-refractivity contribution in [2.75, 3.05) is 18.6 Å². The van der Waals surface area contributed by atoms with Gasteiger partial charge >= 0.3 is 0 Å². The minimum Gasteiger partial charge on any atom is -0.496 e. The van der Waals surface area contributed by atoms with Gasteiger partial charge in [0.25, 0.3) is 0 Å². The van der Waals surface area contributed by atoms with Crippen molar-refractivity contribution in [2.45, 2.75) is 32.7 Å². The van der Waals surface area contributed by atoms with Crippen LogP contribution >= 0.6 is 0 Å². The molecule has 1 atom stereocenters. The highest BCUT2D eigenvalue weighted by Gasteiger charge is 2.29. The van der Waals surface area contributed by atoms with Crippen LogP contribution in [0, 0.1) is 13.8 Å². The lowest BCUT2D eigenvalue weighted by Gasteiger charge is -2.15. The van der Waals surface area contributed by atoms with Crippen LogP contribution in [0.5, 0.6) is 5.75 Å². The number of methoxy groups -OCH3 is 1. The first-order chi connectivity index (χ1) is 9.80. The van der Waals surface area contributed by atoms with Gasteiger partial charge < -0.3 is 10.1 Å². The summed E-state index contributed by atoms with van der Waals surface area (Å²) >= 11 is 0. The molecule has 6 heteroatoms. The van der Waals surface area contributed by atoms with Crippen LogP contribution in [0.2, 0.25) is 0 Å². The average molecular weight is 311 g/mol. The molecule has 0 aliphatic carbocycles. The minimum atomic E-state index is -2.98. The summed E-state index contributed by atoms with van der Waals surface area (Å²) in [7, 11) is -1.40. The molecule has 0 aromatic heterocycles. The van der Waals surface area contributed by atoms with Crippen LogP contribution < -0.4 is 10.1 Å². The Balaban J connectivity index is 2.07. The van der Waals surface area contributed by atoms with Gasteiger partial charge in [-0.15, -0.1) is 0 Å². The Kier molecular flexibility index (Phi) is 4.56. The molecule has 0 bridgehead atoms. The van der Waals surface area contributed by atoms with Crippen LogP contribution in [-0.4, -0.2) is 39.0 Å². The molecular weight excluding hydrogens is 290 g/mol. The van der Waals surface area contributed by atoms with Gasteiger partial charge in [0.05, 0.1) is 25.0 Å². The number of benzene rings is 1. The zero-order valence-corrected chi connectivity index (χ0v) is 13.4. The summed E-state index contributed by atoms with van der Waals surface area (Å²) in [4.78, 5) is 12.1. The molecule has 21 heavy (non-hydrogen) atoms. The predicted molar refractivity (Wildman–Crippen MR) is 81.4 cm³/mol. The van der Waals surface area contributed by atoms with Gasteiger partial charge in [0, 0.05) is 11.6 Å². The van der Waals surface area contributed by atoms with Crippen LogP contribution in [0.15, 0.2) is 12.1 Å². The van der Waals surface area contributed by atoms with Crippen LogP contribution in [-0.2, 0) is 21.1 Å². The molecule has 1 N–H and O–H groups in total. The van der Waals surface area contributed by atoms with E-state index in [4.69, 9.17) is 4.74 Å². The molecule has 2 rings (SSSR count). The molecule has 1 saturated heterocycles. The van der Waals surface area contributed by atoms with Gasteiger partial charge in [-0.3, -0.25) is 4.79 Å². The zero-order chi connectivity index (χ0) is 15.6. The quantitative estimate of drug-likeness (QED) is 0.905. The molecule has 1 heterocycles. The molecule has 1 fully saturated rings. The molecule has 1 amide bonds. The van der Waals surface area contributed by atoms with Gasteiger partial charge in [0.1, 0.15) is 5.75 Å². The van der Waals surface area contributed by atoms with Gasteiger partial charge in [0.2, 0.25) is 5.91 Å². The van der Waals surface area contributed by atoms with Crippen molar-refractivity contribution in [1.29, 1.82) is 0 Å². The maximum Gasteiger partial charge on any atom is 0.224 e. The number of hydrogen-bond donors (Lipinski definition) is 1. The van der Waals surface area contributed by atoms with E-state index in [2.05, 4.69) is 5.32 Å². The van der Waals surface area contributed by atoms with E-state index in [-0.39, 0.29) is 29.9 Å². The molecule has 0 saturated carbocycles. The second-order valence-corrected chi connectivity index (χ2v) is 7.84. The number of sulfone groups is 1. The summed E-state index contributed by atoms with van der Waals surface area (Å²) in [5, 5.41) is 2.80. The summed E-state index contributed by atoms with van der Waals surface area (Å²) < 4.78 is 28.1. The predicted octanol–water partition coefficient (Wildman–Crippen LogP) is 1.16. The number of carbonyl (C=O) groups excluding carboxylic acids is 1. The van der Waals surface area contributed by atoms with E-state index in [1.165, 1.54) is 0 Å². The summed E-state index contributed by atoms with van der Waals surface area (Å²) in [5.41, 5.74) is 2.93. The lowest BCUT2D eigenvalue weighted by atomic mass is 10.0. The lowest BCUT2D eigenvalue weighted by Crippen LogP contribution is -2.36. The molecule has 1 aliphatic heterocycles. The monoisotopic (exact) mass is 311 g/mol. The molecule has 1 unspecified atom stereocenters. The Labute approximate surface area is 125 Å². The fourth-order valence-electron chi connectivity index (χ4n) is 2.72. The van der Waals surface area contributed by atoms with Crippen molar-refractivity contribution in [2.24, 2.45) is 0 Å². The third kappa shape index (κ3) is 3.97. The summed E-state index contributed by atoms with van der Waals surface area (Å²) in [6, 6.07) is 3.64. The standard InChI is InChI=1S/C15H21NO4S/c1-10-6-11(2)13(14(7-10)20-3)8-15(17)16-12-4-5-21(18,19)9-12/h6-7,12H,4-5,8-9H2,1-3H3,(H,16,17). The number of nitrogens with one attached hydrogen (secondary N) is 1. The number of carbonyl (C=O) groups is 1. The van der Waals surface area contributed by atoms with Crippen molar-refractivity contribution >= 4 is 15.7 Å². The molecular formula is C15H21NO4S. The first kappa shape index (κ1) is 15.8. The Bertz CT molecular complexity index is 652. The smallest absolute Gasteiger partial charge is 0.224 e. The largest absolute Gasteiger partial charge is 0.496 e. The molecule has 0 radical (unpaired) electrons. The number of hydrogen-bond acceptors (Lipinski definition) is 4. The highest BCUT2D eigenvalue weighted by Crippen LogP contribution is 2.24. The maximum atomic E-state index is 12.1. The number of ether oxygens (including phenoxy) is 1. The number of aryl methyl sites for hydroxylation is 2. The van der Waals surface area contributed by atoms with Crippen LogP contribution in [0.3, 0.4) is 0 Å². The number of rotatable bonds is 4. The summed E-state index contributed by atoms with van der Waals surface area (Å²) in [6.45, 7) is 3.92. The molecule has 116 valence electrons. The van der Waals surface area contributed by atoms with Gasteiger partial charge in [-0.1, -0.05) is 6.07 Å². The number of amides is 1. The second-order valence-electron chi connectivity index (χ2n) is 5.61. The van der Waals surface area contributed by atoms with E-state index in [0.717, 1.165) is 16.7 Å². The Hall–Kier alpha value is -1.56. The molecule has 5 nitrogen and oxygen atoms in total. The first-order valence-corrected chi connectivity index (χ1v) is 8.77. The van der Waals surface area contributed by atoms with Gasteiger partial charge in [-0.2, -0.15) is 0 Å². The Morgan fingerprint density at radius 1 is 1.38 bits per heavy atom. The third-order valence-electron chi connectivity index (χ3n) is 3.73. The van der Waals surface area contributed by atoms with Crippen LogP contribution in [0.1, 0.15) is 23.1 Å². The topological polar surface area (TPSA) is 72.5 Å². The minimum absolute atomic E-state index is 0.0444. The molecule has 1 aromatic carbocycles. The van der Waals surface area contributed by atoms with E-state index in [1.54, 1.807) is 7.11 Å². The molecule has 0 spiro atoms. The van der Waals surface area contributed by atoms with E-state index in [9.17, 15) is 13.2 Å². The van der Waals surface area contributed by atoms with Gasteiger partial charge in [-0.25, -0.2) is 8.42 Å². The van der Waals surface area contributed by atoms with Gasteiger partial charge in [-0.05, 0) is 37.5 Å². The van der Waals surface area contributed by atoms with E-state index >= 15 is 0 Å². The van der Waals surface area contributed by atoms with Crippen molar-refractivity contribution in [3.05, 3.63) is 28.8 Å². The highest BCUT2D eigenvalue weighted by atomic mass is 32.2. The maximum absolute atomic E-state index is 12.1. The van der Waals surface area contributed by atoms with Crippen molar-refractivity contribution in [3.63, 3.8) is 0 Å². The summed E-state index contributed by atoms with van der Waals surface area (Å²) in [5.74, 6) is 0.733. The lowest BCUT2D eigenvalue weighted by molar-refractivity contribution is -0.121. The third-order valence-corrected chi connectivity index (χ3v) is 5.50. The van der Waals surface area contributed by atoms with Crippen molar-refractivity contribution in [1.82, 2.24) is 5.32 Å². The van der Waals surface area contributed by atoms with Crippen LogP contribution in [0.4, 0.5) is 0 Å². The van der Waals surface area contributed by atoms with E-state index < -0.39 is 9.84 Å². The fourth-order valence-corrected chi connectivity index (χ4v) is 4.39. The van der Waals surface area contributed by atoms with Crippen molar-refractivity contribution < 1.29 is 17.9 Å². The van der Waals surface area contributed by atoms with E-state index in [1.807, 2.05) is 26.0 Å². The molecule has 1 aromatic rings. The second kappa shape index (κ2) is 6.05. The SMILES string of the molecule is COc1cc(C)cc(C)c1CC(=O)NC1CCS(=O)(=O)C1. The first-order valence-electron chi connectivity index (χ1n) is 6.94. The normalized spacial score (nSPS) is 20.2. The summed E-state index contributed by atoms with van der Waals surface area (Å²) in [6.07, 6.45) is 0.698.